The van der Waals surface area contributed by atoms with E-state index in [4.69, 9.17) is 14.2 Å². The van der Waals surface area contributed by atoms with Gasteiger partial charge in [0, 0.05) is 19.3 Å². The lowest BCUT2D eigenvalue weighted by atomic mass is 10.1. The predicted molar refractivity (Wildman–Crippen MR) is 292 cm³/mol. The smallest absolute Gasteiger partial charge is 0.306 e. The van der Waals surface area contributed by atoms with Crippen molar-refractivity contribution < 1.29 is 28.6 Å². The van der Waals surface area contributed by atoms with E-state index in [2.05, 4.69) is 154 Å². The number of unbranched alkanes of at least 4 members (excludes halogenated alkanes) is 14. The van der Waals surface area contributed by atoms with Crippen LogP contribution in [0.15, 0.2) is 134 Å². The standard InChI is InChI=1S/C62H98O6/c1-4-7-10-13-16-19-22-24-26-27-28-29-30-31-32-33-34-35-37-38-40-43-46-49-52-55-61(64)67-58-59(57-66-60(63)54-51-48-45-42-21-18-15-12-9-6-3)68-62(65)56-53-50-47-44-41-39-36-25-23-20-17-14-11-8-5-2/h7-8,10-11,16-17,19-20,24-26,28-29,31-32,34-36,38,40-41,44,59H,4-6,9,12-15,18,21-23,27,30,33,37,39,42-43,45-58H2,1-3H3/b10-7-,11-8-,19-16-,20-17-,26-24-,29-28-,32-31-,35-34-,36-25-,40-38-,44-41-. The first kappa shape index (κ1) is 63.5. The summed E-state index contributed by atoms with van der Waals surface area (Å²) in [4.78, 5) is 38.0. The van der Waals surface area contributed by atoms with E-state index >= 15 is 0 Å². The van der Waals surface area contributed by atoms with E-state index in [1.165, 1.54) is 44.9 Å². The molecule has 6 heteroatoms. The third kappa shape index (κ3) is 52.5. The highest BCUT2D eigenvalue weighted by Gasteiger charge is 2.19. The van der Waals surface area contributed by atoms with Gasteiger partial charge in [0.25, 0.3) is 0 Å². The highest BCUT2D eigenvalue weighted by atomic mass is 16.6. The molecule has 68 heavy (non-hydrogen) atoms. The molecule has 0 aliphatic rings. The summed E-state index contributed by atoms with van der Waals surface area (Å²) in [6.45, 7) is 6.31. The number of allylic oxidation sites excluding steroid dienone is 22. The SMILES string of the molecule is CC/C=C\C/C=C\C/C=C\C/C=C\C/C=C\C/C=C\C/C=C\CCCCCC(=O)OCC(COC(=O)CCCCCCCCCCCC)OC(=O)CCCC/C=C\C/C=C\C/C=C\C/C=C\CC. The molecule has 0 aliphatic heterocycles. The summed E-state index contributed by atoms with van der Waals surface area (Å²) in [6.07, 6.45) is 77.3. The van der Waals surface area contributed by atoms with Crippen LogP contribution in [-0.4, -0.2) is 37.2 Å². The molecule has 0 aromatic carbocycles. The Hall–Kier alpha value is -4.45. The van der Waals surface area contributed by atoms with Crippen LogP contribution in [0.25, 0.3) is 0 Å². The second-order valence-corrected chi connectivity index (χ2v) is 17.4. The number of hydrogen-bond acceptors (Lipinski definition) is 6. The predicted octanol–water partition coefficient (Wildman–Crippen LogP) is 18.3. The normalized spacial score (nSPS) is 13.2. The number of esters is 3. The molecule has 0 saturated heterocycles. The van der Waals surface area contributed by atoms with Gasteiger partial charge in [-0.1, -0.05) is 219 Å². The summed E-state index contributed by atoms with van der Waals surface area (Å²) < 4.78 is 16.7. The number of carbonyl (C=O) groups is 3. The first-order valence-corrected chi connectivity index (χ1v) is 27.2. The van der Waals surface area contributed by atoms with Crippen LogP contribution in [0.4, 0.5) is 0 Å². The third-order valence-electron chi connectivity index (χ3n) is 10.9. The Morgan fingerprint density at radius 1 is 0.309 bits per heavy atom. The van der Waals surface area contributed by atoms with E-state index in [0.717, 1.165) is 128 Å². The minimum absolute atomic E-state index is 0.109. The molecule has 0 saturated carbocycles. The summed E-state index contributed by atoms with van der Waals surface area (Å²) in [6, 6.07) is 0. The summed E-state index contributed by atoms with van der Waals surface area (Å²) in [5.74, 6) is -0.994. The molecule has 1 unspecified atom stereocenters. The maximum Gasteiger partial charge on any atom is 0.306 e. The van der Waals surface area contributed by atoms with Crippen LogP contribution in [0, 0.1) is 0 Å². The van der Waals surface area contributed by atoms with Crippen molar-refractivity contribution in [1.29, 1.82) is 0 Å². The summed E-state index contributed by atoms with van der Waals surface area (Å²) >= 11 is 0. The fourth-order valence-electron chi connectivity index (χ4n) is 6.88. The lowest BCUT2D eigenvalue weighted by Gasteiger charge is -2.18. The molecular formula is C62H98O6. The molecule has 0 radical (unpaired) electrons. The topological polar surface area (TPSA) is 78.9 Å². The van der Waals surface area contributed by atoms with Gasteiger partial charge >= 0.3 is 17.9 Å². The van der Waals surface area contributed by atoms with E-state index in [-0.39, 0.29) is 37.5 Å². The van der Waals surface area contributed by atoms with Gasteiger partial charge in [0.15, 0.2) is 6.10 Å². The highest BCUT2D eigenvalue weighted by molar-refractivity contribution is 5.71. The highest BCUT2D eigenvalue weighted by Crippen LogP contribution is 2.13. The number of hydrogen-bond donors (Lipinski definition) is 0. The lowest BCUT2D eigenvalue weighted by molar-refractivity contribution is -0.167. The second-order valence-electron chi connectivity index (χ2n) is 17.4. The molecule has 0 N–H and O–H groups in total. The molecule has 0 fully saturated rings. The van der Waals surface area contributed by atoms with Crippen molar-refractivity contribution in [2.45, 2.75) is 226 Å². The van der Waals surface area contributed by atoms with Crippen molar-refractivity contribution in [2.24, 2.45) is 0 Å². The maximum atomic E-state index is 12.8. The van der Waals surface area contributed by atoms with Gasteiger partial charge in [0.05, 0.1) is 0 Å². The Balaban J connectivity index is 4.44. The fourth-order valence-corrected chi connectivity index (χ4v) is 6.88. The Morgan fingerprint density at radius 2 is 0.574 bits per heavy atom. The zero-order chi connectivity index (χ0) is 49.3. The summed E-state index contributed by atoms with van der Waals surface area (Å²) in [5.41, 5.74) is 0. The van der Waals surface area contributed by atoms with Gasteiger partial charge < -0.3 is 14.2 Å². The van der Waals surface area contributed by atoms with Crippen LogP contribution in [0.2, 0.25) is 0 Å². The Labute approximate surface area is 417 Å². The lowest BCUT2D eigenvalue weighted by Crippen LogP contribution is -2.30. The van der Waals surface area contributed by atoms with E-state index in [9.17, 15) is 14.4 Å². The van der Waals surface area contributed by atoms with Crippen LogP contribution in [0.5, 0.6) is 0 Å². The van der Waals surface area contributed by atoms with Crippen molar-refractivity contribution in [1.82, 2.24) is 0 Å². The van der Waals surface area contributed by atoms with Crippen LogP contribution in [0.1, 0.15) is 220 Å². The molecule has 0 aromatic rings. The summed E-state index contributed by atoms with van der Waals surface area (Å²) in [7, 11) is 0. The second kappa shape index (κ2) is 55.1. The quantitative estimate of drug-likeness (QED) is 0.0262. The van der Waals surface area contributed by atoms with Crippen molar-refractivity contribution in [3.8, 4) is 0 Å². The molecule has 382 valence electrons. The van der Waals surface area contributed by atoms with Crippen LogP contribution < -0.4 is 0 Å². The number of carbonyl (C=O) groups excluding carboxylic acids is 3. The average molecular weight is 939 g/mol. The Morgan fingerprint density at radius 3 is 0.926 bits per heavy atom. The van der Waals surface area contributed by atoms with Crippen LogP contribution in [-0.2, 0) is 28.6 Å². The number of ether oxygens (including phenoxy) is 3. The minimum atomic E-state index is -0.816. The Kier molecular flexibility index (Phi) is 51.5. The van der Waals surface area contributed by atoms with Crippen molar-refractivity contribution in [3.05, 3.63) is 134 Å². The third-order valence-corrected chi connectivity index (χ3v) is 10.9. The van der Waals surface area contributed by atoms with Crippen molar-refractivity contribution in [2.75, 3.05) is 13.2 Å². The van der Waals surface area contributed by atoms with E-state index in [1.807, 2.05) is 0 Å². The molecule has 0 rings (SSSR count). The molecule has 0 heterocycles. The molecule has 0 aliphatic carbocycles. The monoisotopic (exact) mass is 939 g/mol. The minimum Gasteiger partial charge on any atom is -0.462 e. The number of rotatable bonds is 47. The van der Waals surface area contributed by atoms with Gasteiger partial charge in [-0.15, -0.1) is 0 Å². The zero-order valence-electron chi connectivity index (χ0n) is 43.6. The average Bonchev–Trinajstić information content (AvgIpc) is 3.34. The molecule has 0 spiro atoms. The van der Waals surface area contributed by atoms with Crippen molar-refractivity contribution >= 4 is 17.9 Å². The molecule has 0 amide bonds. The van der Waals surface area contributed by atoms with E-state index < -0.39 is 6.10 Å². The van der Waals surface area contributed by atoms with Crippen molar-refractivity contribution in [3.63, 3.8) is 0 Å². The first-order chi connectivity index (χ1) is 33.5. The molecule has 0 aromatic heterocycles. The zero-order valence-corrected chi connectivity index (χ0v) is 43.6. The van der Waals surface area contributed by atoms with Gasteiger partial charge in [-0.25, -0.2) is 0 Å². The van der Waals surface area contributed by atoms with Crippen LogP contribution >= 0.6 is 0 Å². The maximum absolute atomic E-state index is 12.8. The first-order valence-electron chi connectivity index (χ1n) is 27.2. The molecule has 0 bridgehead atoms. The van der Waals surface area contributed by atoms with Gasteiger partial charge in [-0.2, -0.15) is 0 Å². The van der Waals surface area contributed by atoms with Gasteiger partial charge in [-0.3, -0.25) is 14.4 Å². The molecular weight excluding hydrogens is 841 g/mol. The van der Waals surface area contributed by atoms with E-state index in [1.54, 1.807) is 0 Å². The largest absolute Gasteiger partial charge is 0.462 e. The van der Waals surface area contributed by atoms with E-state index in [0.29, 0.717) is 19.3 Å². The Bertz CT molecular complexity index is 1500. The fraction of sp³-hybridized carbons (Fsp3) is 0.597. The van der Waals surface area contributed by atoms with Gasteiger partial charge in [-0.05, 0) is 116 Å². The summed E-state index contributed by atoms with van der Waals surface area (Å²) in [5, 5.41) is 0. The molecule has 1 atom stereocenters. The van der Waals surface area contributed by atoms with Gasteiger partial charge in [0.2, 0.25) is 0 Å². The molecule has 6 nitrogen and oxygen atoms in total. The van der Waals surface area contributed by atoms with Gasteiger partial charge in [0.1, 0.15) is 13.2 Å². The van der Waals surface area contributed by atoms with Crippen LogP contribution in [0.3, 0.4) is 0 Å².